The highest BCUT2D eigenvalue weighted by molar-refractivity contribution is 7.16. The van der Waals surface area contributed by atoms with Gasteiger partial charge in [-0.3, -0.25) is 9.59 Å². The van der Waals surface area contributed by atoms with Gasteiger partial charge in [0.15, 0.2) is 0 Å². The van der Waals surface area contributed by atoms with Crippen molar-refractivity contribution in [2.45, 2.75) is 6.54 Å². The van der Waals surface area contributed by atoms with Crippen molar-refractivity contribution >= 4 is 46.0 Å². The molecule has 4 aromatic rings. The molecule has 0 saturated heterocycles. The Morgan fingerprint density at radius 3 is 2.89 bits per heavy atom. The lowest BCUT2D eigenvalue weighted by molar-refractivity contribution is 0.0948. The summed E-state index contributed by atoms with van der Waals surface area (Å²) < 4.78 is 1.99. The second-order valence-corrected chi connectivity index (χ2v) is 8.20. The number of H-pyrrole nitrogens is 1. The van der Waals surface area contributed by atoms with Gasteiger partial charge < -0.3 is 10.3 Å². The number of aromatic nitrogens is 3. The van der Waals surface area contributed by atoms with E-state index in [0.29, 0.717) is 33.5 Å². The smallest absolute Gasteiger partial charge is 0.280 e. The first-order valence-electron chi connectivity index (χ1n) is 7.95. The van der Waals surface area contributed by atoms with Crippen molar-refractivity contribution in [2.75, 3.05) is 5.32 Å². The molecule has 0 aliphatic carbocycles. The lowest BCUT2D eigenvalue weighted by Gasteiger charge is -2.07. The first kappa shape index (κ1) is 17.7. The van der Waals surface area contributed by atoms with Gasteiger partial charge in [-0.15, -0.1) is 11.3 Å². The first-order chi connectivity index (χ1) is 13.1. The van der Waals surface area contributed by atoms with Crippen LogP contribution in [0.15, 0.2) is 58.1 Å². The number of hydrogen-bond acceptors (Lipinski definition) is 6. The Morgan fingerprint density at radius 2 is 2.19 bits per heavy atom. The molecule has 0 saturated carbocycles. The SMILES string of the molecule is O=C(c1ccsc1)n1nc(-c2ccc[nH]c2=O)cc1NCc1ccc(Cl)s1. The van der Waals surface area contributed by atoms with Gasteiger partial charge in [-0.2, -0.15) is 21.1 Å². The number of nitrogens with one attached hydrogen (secondary N) is 2. The van der Waals surface area contributed by atoms with Crippen LogP contribution in [0.2, 0.25) is 4.34 Å². The fraction of sp³-hybridized carbons (Fsp3) is 0.0556. The van der Waals surface area contributed by atoms with E-state index in [2.05, 4.69) is 15.4 Å². The van der Waals surface area contributed by atoms with Crippen molar-refractivity contribution < 1.29 is 4.79 Å². The van der Waals surface area contributed by atoms with Crippen LogP contribution in [0.4, 0.5) is 5.82 Å². The number of nitrogens with zero attached hydrogens (tertiary/aromatic N) is 2. The molecule has 0 atom stereocenters. The van der Waals surface area contributed by atoms with Crippen molar-refractivity contribution in [3.05, 3.63) is 78.5 Å². The predicted octanol–water partition coefficient (Wildman–Crippen LogP) is 4.32. The summed E-state index contributed by atoms with van der Waals surface area (Å²) in [5, 5.41) is 11.2. The Kier molecular flexibility index (Phi) is 4.93. The molecule has 0 aliphatic heterocycles. The van der Waals surface area contributed by atoms with Crippen LogP contribution >= 0.6 is 34.3 Å². The van der Waals surface area contributed by atoms with E-state index in [9.17, 15) is 9.59 Å². The van der Waals surface area contributed by atoms with E-state index in [4.69, 9.17) is 11.6 Å². The average Bonchev–Trinajstić information content (AvgIpc) is 3.41. The summed E-state index contributed by atoms with van der Waals surface area (Å²) in [6, 6.07) is 10.6. The number of carbonyl (C=O) groups excluding carboxylic acids is 1. The van der Waals surface area contributed by atoms with E-state index in [0.717, 1.165) is 4.88 Å². The van der Waals surface area contributed by atoms with E-state index in [1.165, 1.54) is 27.4 Å². The highest BCUT2D eigenvalue weighted by atomic mass is 35.5. The van der Waals surface area contributed by atoms with Gasteiger partial charge in [-0.1, -0.05) is 11.6 Å². The van der Waals surface area contributed by atoms with E-state index in [1.807, 2.05) is 17.5 Å². The fourth-order valence-corrected chi connectivity index (χ4v) is 4.21. The number of pyridine rings is 1. The molecule has 4 rings (SSSR count). The average molecular weight is 417 g/mol. The van der Waals surface area contributed by atoms with Crippen LogP contribution < -0.4 is 10.9 Å². The number of aromatic amines is 1. The van der Waals surface area contributed by atoms with Crippen LogP contribution in [-0.4, -0.2) is 20.7 Å². The Morgan fingerprint density at radius 1 is 1.30 bits per heavy atom. The third-order valence-electron chi connectivity index (χ3n) is 3.84. The molecule has 0 radical (unpaired) electrons. The van der Waals surface area contributed by atoms with Crippen LogP contribution in [0.5, 0.6) is 0 Å². The zero-order valence-electron chi connectivity index (χ0n) is 13.8. The number of hydrogen-bond donors (Lipinski definition) is 2. The maximum absolute atomic E-state index is 12.8. The molecule has 4 heterocycles. The van der Waals surface area contributed by atoms with Gasteiger partial charge in [-0.25, -0.2) is 0 Å². The third-order valence-corrected chi connectivity index (χ3v) is 5.75. The molecule has 2 N–H and O–H groups in total. The van der Waals surface area contributed by atoms with Crippen LogP contribution in [0, 0.1) is 0 Å². The predicted molar refractivity (Wildman–Crippen MR) is 109 cm³/mol. The topological polar surface area (TPSA) is 79.8 Å². The molecule has 27 heavy (non-hydrogen) atoms. The molecule has 0 aliphatic rings. The molecular weight excluding hydrogens is 404 g/mol. The van der Waals surface area contributed by atoms with Gasteiger partial charge in [0, 0.05) is 22.5 Å². The van der Waals surface area contributed by atoms with E-state index < -0.39 is 0 Å². The van der Waals surface area contributed by atoms with Crippen molar-refractivity contribution in [1.29, 1.82) is 0 Å². The minimum atomic E-state index is -0.262. The molecule has 0 unspecified atom stereocenters. The quantitative estimate of drug-likeness (QED) is 0.508. The Balaban J connectivity index is 1.72. The van der Waals surface area contributed by atoms with Crippen molar-refractivity contribution in [1.82, 2.24) is 14.8 Å². The molecule has 0 spiro atoms. The van der Waals surface area contributed by atoms with Gasteiger partial charge in [0.25, 0.3) is 11.5 Å². The van der Waals surface area contributed by atoms with Crippen LogP contribution in [0.3, 0.4) is 0 Å². The summed E-state index contributed by atoms with van der Waals surface area (Å²) in [5.74, 6) is 0.246. The second-order valence-electron chi connectivity index (χ2n) is 5.62. The summed E-state index contributed by atoms with van der Waals surface area (Å²) in [7, 11) is 0. The van der Waals surface area contributed by atoms with E-state index in [1.54, 1.807) is 35.8 Å². The molecule has 6 nitrogen and oxygen atoms in total. The molecule has 0 aromatic carbocycles. The number of anilines is 1. The van der Waals surface area contributed by atoms with Crippen molar-refractivity contribution in [3.63, 3.8) is 0 Å². The van der Waals surface area contributed by atoms with Crippen LogP contribution in [-0.2, 0) is 6.54 Å². The van der Waals surface area contributed by atoms with Gasteiger partial charge in [0.05, 0.1) is 22.0 Å². The summed E-state index contributed by atoms with van der Waals surface area (Å²) >= 11 is 8.87. The van der Waals surface area contributed by atoms with E-state index in [-0.39, 0.29) is 11.5 Å². The van der Waals surface area contributed by atoms with Crippen molar-refractivity contribution in [2.24, 2.45) is 0 Å². The summed E-state index contributed by atoms with van der Waals surface area (Å²) in [4.78, 5) is 28.6. The molecule has 9 heteroatoms. The van der Waals surface area contributed by atoms with E-state index >= 15 is 0 Å². The highest BCUT2D eigenvalue weighted by Crippen LogP contribution is 2.24. The monoisotopic (exact) mass is 416 g/mol. The minimum absolute atomic E-state index is 0.262. The lowest BCUT2D eigenvalue weighted by atomic mass is 10.2. The van der Waals surface area contributed by atoms with Gasteiger partial charge >= 0.3 is 0 Å². The second kappa shape index (κ2) is 7.51. The molecule has 0 amide bonds. The number of halogens is 1. The lowest BCUT2D eigenvalue weighted by Crippen LogP contribution is -2.16. The molecule has 0 fully saturated rings. The largest absolute Gasteiger partial charge is 0.365 e. The van der Waals surface area contributed by atoms with Gasteiger partial charge in [-0.05, 0) is 35.7 Å². The van der Waals surface area contributed by atoms with Gasteiger partial charge in [0.1, 0.15) is 11.5 Å². The highest BCUT2D eigenvalue weighted by Gasteiger charge is 2.18. The maximum Gasteiger partial charge on any atom is 0.280 e. The summed E-state index contributed by atoms with van der Waals surface area (Å²) in [5.41, 5.74) is 1.10. The number of rotatable bonds is 5. The van der Waals surface area contributed by atoms with Gasteiger partial charge in [0.2, 0.25) is 0 Å². The zero-order valence-corrected chi connectivity index (χ0v) is 16.2. The minimum Gasteiger partial charge on any atom is -0.365 e. The molecule has 136 valence electrons. The molecular formula is C18H13ClN4O2S2. The summed E-state index contributed by atoms with van der Waals surface area (Å²) in [6.45, 7) is 0.491. The Hall–Kier alpha value is -2.68. The van der Waals surface area contributed by atoms with Crippen LogP contribution in [0.1, 0.15) is 15.2 Å². The molecule has 4 aromatic heterocycles. The number of thiophene rings is 2. The Labute approximate surface area is 167 Å². The zero-order chi connectivity index (χ0) is 18.8. The summed E-state index contributed by atoms with van der Waals surface area (Å²) in [6.07, 6.45) is 1.55. The number of carbonyl (C=O) groups is 1. The van der Waals surface area contributed by atoms with Crippen molar-refractivity contribution in [3.8, 4) is 11.3 Å². The normalized spacial score (nSPS) is 10.9. The fourth-order valence-electron chi connectivity index (χ4n) is 2.55. The van der Waals surface area contributed by atoms with Crippen LogP contribution in [0.25, 0.3) is 11.3 Å². The first-order valence-corrected chi connectivity index (χ1v) is 10.1. The molecule has 0 bridgehead atoms. The standard InChI is InChI=1S/C18H13ClN4O2S2/c19-15-4-3-12(27-15)9-21-16-8-14(13-2-1-6-20-17(13)24)22-23(16)18(25)11-5-7-26-10-11/h1-8,10,21H,9H2,(H,20,24). The Bertz CT molecular complexity index is 1140. The third kappa shape index (κ3) is 3.73. The maximum atomic E-state index is 12.8.